The van der Waals surface area contributed by atoms with Crippen molar-refractivity contribution in [1.82, 2.24) is 4.98 Å². The molecule has 2 N–H and O–H groups in total. The number of aromatic nitrogens is 1. The van der Waals surface area contributed by atoms with Gasteiger partial charge < -0.3 is 10.5 Å². The molecule has 0 aliphatic rings. The van der Waals surface area contributed by atoms with Gasteiger partial charge in [-0.25, -0.2) is 18.6 Å². The van der Waals surface area contributed by atoms with Crippen LogP contribution in [0.1, 0.15) is 28.0 Å². The molecule has 0 aromatic carbocycles. The van der Waals surface area contributed by atoms with Crippen molar-refractivity contribution in [3.8, 4) is 0 Å². The van der Waals surface area contributed by atoms with E-state index in [9.17, 15) is 26.7 Å². The number of pyridine rings is 1. The van der Waals surface area contributed by atoms with Gasteiger partial charge in [0.25, 0.3) is 6.43 Å². The monoisotopic (exact) mass is 270 g/mol. The number of carbonyl (C=O) groups is 1. The van der Waals surface area contributed by atoms with E-state index in [0.717, 1.165) is 7.11 Å². The molecular formula is C9H7F5N2O2. The minimum absolute atomic E-state index is 0.487. The number of alkyl halides is 5. The second-order valence-corrected chi connectivity index (χ2v) is 3.14. The Morgan fingerprint density at radius 1 is 1.44 bits per heavy atom. The third-order valence-corrected chi connectivity index (χ3v) is 2.02. The Hall–Kier alpha value is -1.93. The SMILES string of the molecule is COC(=O)c1c(N)cnc(C(F)(F)F)c1C(F)F. The fraction of sp³-hybridized carbons (Fsp3) is 0.333. The van der Waals surface area contributed by atoms with Gasteiger partial charge in [0.2, 0.25) is 0 Å². The zero-order valence-electron chi connectivity index (χ0n) is 8.89. The summed E-state index contributed by atoms with van der Waals surface area (Å²) in [6.45, 7) is 0. The van der Waals surface area contributed by atoms with E-state index in [1.54, 1.807) is 0 Å². The lowest BCUT2D eigenvalue weighted by molar-refractivity contribution is -0.143. The first-order valence-electron chi connectivity index (χ1n) is 4.42. The molecule has 0 saturated carbocycles. The lowest BCUT2D eigenvalue weighted by Gasteiger charge is -2.15. The van der Waals surface area contributed by atoms with Crippen LogP contribution in [0.15, 0.2) is 6.20 Å². The third kappa shape index (κ3) is 2.49. The summed E-state index contributed by atoms with van der Waals surface area (Å²) in [5, 5.41) is 0. The minimum atomic E-state index is -5.12. The van der Waals surface area contributed by atoms with E-state index in [1.165, 1.54) is 0 Å². The number of esters is 1. The summed E-state index contributed by atoms with van der Waals surface area (Å²) < 4.78 is 67.0. The van der Waals surface area contributed by atoms with E-state index >= 15 is 0 Å². The molecule has 4 nitrogen and oxygen atoms in total. The molecule has 0 bridgehead atoms. The maximum absolute atomic E-state index is 12.7. The number of carbonyl (C=O) groups excluding carboxylic acids is 1. The van der Waals surface area contributed by atoms with E-state index < -0.39 is 41.1 Å². The molecule has 0 atom stereocenters. The lowest BCUT2D eigenvalue weighted by Crippen LogP contribution is -2.19. The fourth-order valence-electron chi connectivity index (χ4n) is 1.31. The smallest absolute Gasteiger partial charge is 0.433 e. The molecule has 0 amide bonds. The number of ether oxygens (including phenoxy) is 1. The average molecular weight is 270 g/mol. The highest BCUT2D eigenvalue weighted by molar-refractivity contribution is 5.96. The molecule has 0 aliphatic carbocycles. The Labute approximate surface area is 97.6 Å². The van der Waals surface area contributed by atoms with Gasteiger partial charge in [-0.1, -0.05) is 0 Å². The normalized spacial score (nSPS) is 11.7. The summed E-state index contributed by atoms with van der Waals surface area (Å²) in [4.78, 5) is 14.0. The van der Waals surface area contributed by atoms with E-state index in [0.29, 0.717) is 6.20 Å². The standard InChI is InChI=1S/C9H7F5N2O2/c1-18-8(17)4-3(15)2-16-6(9(12,13)14)5(4)7(10)11/h2,7H,15H2,1H3. The van der Waals surface area contributed by atoms with Gasteiger partial charge in [0.15, 0.2) is 5.69 Å². The number of nitrogen functional groups attached to an aromatic ring is 1. The van der Waals surface area contributed by atoms with Crippen LogP contribution in [0.25, 0.3) is 0 Å². The predicted octanol–water partition coefficient (Wildman–Crippen LogP) is 2.41. The molecular weight excluding hydrogens is 263 g/mol. The highest BCUT2D eigenvalue weighted by Gasteiger charge is 2.41. The fourth-order valence-corrected chi connectivity index (χ4v) is 1.31. The van der Waals surface area contributed by atoms with Crippen molar-refractivity contribution in [3.05, 3.63) is 23.0 Å². The number of halogens is 5. The van der Waals surface area contributed by atoms with Crippen LogP contribution in [0, 0.1) is 0 Å². The van der Waals surface area contributed by atoms with Crippen LogP contribution in [0.3, 0.4) is 0 Å². The topological polar surface area (TPSA) is 65.2 Å². The van der Waals surface area contributed by atoms with Crippen molar-refractivity contribution < 1.29 is 31.5 Å². The summed E-state index contributed by atoms with van der Waals surface area (Å²) in [5.74, 6) is -1.38. The number of nitrogens with zero attached hydrogens (tertiary/aromatic N) is 1. The molecule has 1 aromatic heterocycles. The quantitative estimate of drug-likeness (QED) is 0.662. The zero-order chi connectivity index (χ0) is 14.1. The summed E-state index contributed by atoms with van der Waals surface area (Å²) >= 11 is 0. The molecule has 18 heavy (non-hydrogen) atoms. The van der Waals surface area contributed by atoms with Gasteiger partial charge in [0.05, 0.1) is 30.1 Å². The predicted molar refractivity (Wildman–Crippen MR) is 49.9 cm³/mol. The molecule has 0 unspecified atom stereocenters. The molecule has 1 heterocycles. The molecule has 1 rings (SSSR count). The second kappa shape index (κ2) is 4.75. The third-order valence-electron chi connectivity index (χ3n) is 2.02. The van der Waals surface area contributed by atoms with Crippen molar-refractivity contribution in [3.63, 3.8) is 0 Å². The highest BCUT2D eigenvalue weighted by atomic mass is 19.4. The Bertz CT molecular complexity index is 473. The summed E-state index contributed by atoms with van der Waals surface area (Å²) in [6, 6.07) is 0. The lowest BCUT2D eigenvalue weighted by atomic mass is 10.0. The number of hydrogen-bond donors (Lipinski definition) is 1. The van der Waals surface area contributed by atoms with Crippen molar-refractivity contribution in [2.45, 2.75) is 12.6 Å². The molecule has 100 valence electrons. The number of anilines is 1. The van der Waals surface area contributed by atoms with Gasteiger partial charge in [-0.15, -0.1) is 0 Å². The largest absolute Gasteiger partial charge is 0.465 e. The molecule has 9 heteroatoms. The number of methoxy groups -OCH3 is 1. The van der Waals surface area contributed by atoms with Crippen LogP contribution in [0.2, 0.25) is 0 Å². The number of nitrogens with two attached hydrogens (primary N) is 1. The maximum Gasteiger partial charge on any atom is 0.433 e. The van der Waals surface area contributed by atoms with E-state index in [-0.39, 0.29) is 0 Å². The van der Waals surface area contributed by atoms with E-state index in [4.69, 9.17) is 5.73 Å². The number of hydrogen-bond acceptors (Lipinski definition) is 4. The molecule has 1 aromatic rings. The van der Waals surface area contributed by atoms with Gasteiger partial charge in [-0.05, 0) is 0 Å². The van der Waals surface area contributed by atoms with Crippen LogP contribution < -0.4 is 5.73 Å². The van der Waals surface area contributed by atoms with Crippen molar-refractivity contribution in [1.29, 1.82) is 0 Å². The summed E-state index contributed by atoms with van der Waals surface area (Å²) in [7, 11) is 0.838. The molecule has 0 fully saturated rings. The number of rotatable bonds is 2. The summed E-state index contributed by atoms with van der Waals surface area (Å²) in [6.07, 6.45) is -8.20. The first kappa shape index (κ1) is 14.1. The van der Waals surface area contributed by atoms with Gasteiger partial charge in [-0.2, -0.15) is 13.2 Å². The Morgan fingerprint density at radius 3 is 2.39 bits per heavy atom. The molecule has 0 radical (unpaired) electrons. The minimum Gasteiger partial charge on any atom is -0.465 e. The van der Waals surface area contributed by atoms with E-state index in [2.05, 4.69) is 9.72 Å². The molecule has 0 spiro atoms. The van der Waals surface area contributed by atoms with Crippen LogP contribution in [-0.2, 0) is 10.9 Å². The van der Waals surface area contributed by atoms with Gasteiger partial charge >= 0.3 is 12.1 Å². The first-order valence-corrected chi connectivity index (χ1v) is 4.42. The summed E-state index contributed by atoms with van der Waals surface area (Å²) in [5.41, 5.74) is 0.130. The van der Waals surface area contributed by atoms with Gasteiger partial charge in [-0.3, -0.25) is 0 Å². The van der Waals surface area contributed by atoms with Crippen LogP contribution in [-0.4, -0.2) is 18.1 Å². The Balaban J connectivity index is 3.64. The first-order chi connectivity index (χ1) is 8.20. The molecule has 0 saturated heterocycles. The van der Waals surface area contributed by atoms with Gasteiger partial charge in [0, 0.05) is 0 Å². The Morgan fingerprint density at radius 2 is 2.00 bits per heavy atom. The van der Waals surface area contributed by atoms with Crippen molar-refractivity contribution in [2.24, 2.45) is 0 Å². The van der Waals surface area contributed by atoms with E-state index in [1.807, 2.05) is 0 Å². The molecule has 0 aliphatic heterocycles. The second-order valence-electron chi connectivity index (χ2n) is 3.14. The van der Waals surface area contributed by atoms with Crippen molar-refractivity contribution in [2.75, 3.05) is 12.8 Å². The van der Waals surface area contributed by atoms with Crippen LogP contribution in [0.5, 0.6) is 0 Å². The average Bonchev–Trinajstić information content (AvgIpc) is 2.25. The highest BCUT2D eigenvalue weighted by Crippen LogP contribution is 2.38. The van der Waals surface area contributed by atoms with Gasteiger partial charge in [0.1, 0.15) is 0 Å². The Kier molecular flexibility index (Phi) is 3.73. The van der Waals surface area contributed by atoms with Crippen LogP contribution in [0.4, 0.5) is 27.6 Å². The van der Waals surface area contributed by atoms with Crippen molar-refractivity contribution >= 4 is 11.7 Å². The zero-order valence-corrected chi connectivity index (χ0v) is 8.89. The van der Waals surface area contributed by atoms with Crippen LogP contribution >= 0.6 is 0 Å². The maximum atomic E-state index is 12.7.